The molecule has 18 heavy (non-hydrogen) atoms. The number of hydrogen-bond acceptors (Lipinski definition) is 2. The van der Waals surface area contributed by atoms with E-state index in [9.17, 15) is 10.2 Å². The van der Waals surface area contributed by atoms with Gasteiger partial charge in [-0.05, 0) is 29.1 Å². The maximum absolute atomic E-state index is 9.97. The van der Waals surface area contributed by atoms with Gasteiger partial charge >= 0.3 is 0 Å². The van der Waals surface area contributed by atoms with E-state index in [1.54, 1.807) is 0 Å². The Morgan fingerprint density at radius 2 is 1.50 bits per heavy atom. The lowest BCUT2D eigenvalue weighted by Crippen LogP contribution is -2.43. The first-order chi connectivity index (χ1) is 8.06. The minimum Gasteiger partial charge on any atom is -0.394 e. The first-order valence-corrected chi connectivity index (χ1v) is 7.35. The molecule has 0 radical (unpaired) electrons. The van der Waals surface area contributed by atoms with Crippen molar-refractivity contribution in [3.05, 3.63) is 0 Å². The number of aliphatic hydroxyl groups excluding tert-OH is 2. The van der Waals surface area contributed by atoms with Gasteiger partial charge in [-0.3, -0.25) is 0 Å². The topological polar surface area (TPSA) is 40.5 Å². The zero-order valence-electron chi connectivity index (χ0n) is 13.5. The van der Waals surface area contributed by atoms with E-state index in [-0.39, 0.29) is 22.9 Å². The molecule has 0 bridgehead atoms. The van der Waals surface area contributed by atoms with Crippen LogP contribution < -0.4 is 0 Å². The van der Waals surface area contributed by atoms with Crippen molar-refractivity contribution in [2.75, 3.05) is 6.61 Å². The van der Waals surface area contributed by atoms with Crippen LogP contribution in [0.5, 0.6) is 0 Å². The van der Waals surface area contributed by atoms with Gasteiger partial charge in [0.05, 0.1) is 12.7 Å². The Labute approximate surface area is 114 Å². The Balaban J connectivity index is 5.02. The Morgan fingerprint density at radius 1 is 1.00 bits per heavy atom. The lowest BCUT2D eigenvalue weighted by atomic mass is 9.57. The molecule has 2 N–H and O–H groups in total. The van der Waals surface area contributed by atoms with Crippen LogP contribution in [0.4, 0.5) is 0 Å². The maximum atomic E-state index is 9.97. The predicted octanol–water partition coefficient (Wildman–Crippen LogP) is 4.00. The normalized spacial score (nSPS) is 18.5. The van der Waals surface area contributed by atoms with Crippen LogP contribution in [0.15, 0.2) is 0 Å². The van der Waals surface area contributed by atoms with Gasteiger partial charge in [-0.25, -0.2) is 0 Å². The van der Waals surface area contributed by atoms with E-state index in [0.717, 1.165) is 12.8 Å². The van der Waals surface area contributed by atoms with Gasteiger partial charge in [-0.1, -0.05) is 61.3 Å². The molecular weight excluding hydrogens is 224 g/mol. The lowest BCUT2D eigenvalue weighted by Gasteiger charge is -2.49. The summed E-state index contributed by atoms with van der Waals surface area (Å²) in [5.74, 6) is 0. The van der Waals surface area contributed by atoms with Crippen molar-refractivity contribution in [3.63, 3.8) is 0 Å². The van der Waals surface area contributed by atoms with Crippen LogP contribution in [0.1, 0.15) is 74.1 Å². The largest absolute Gasteiger partial charge is 0.394 e. The summed E-state index contributed by atoms with van der Waals surface area (Å²) in [7, 11) is 0. The summed E-state index contributed by atoms with van der Waals surface area (Å²) < 4.78 is 0. The second kappa shape index (κ2) is 6.38. The summed E-state index contributed by atoms with van der Waals surface area (Å²) in [5, 5.41) is 19.1. The van der Waals surface area contributed by atoms with Gasteiger partial charge in [0.15, 0.2) is 0 Å². The third kappa shape index (κ3) is 3.96. The summed E-state index contributed by atoms with van der Waals surface area (Å²) in [4.78, 5) is 0. The third-order valence-corrected chi connectivity index (χ3v) is 5.19. The zero-order chi connectivity index (χ0) is 14.6. The van der Waals surface area contributed by atoms with Crippen LogP contribution in [-0.4, -0.2) is 22.9 Å². The molecule has 0 aliphatic heterocycles. The van der Waals surface area contributed by atoms with Crippen LogP contribution in [0.3, 0.4) is 0 Å². The summed E-state index contributed by atoms with van der Waals surface area (Å²) in [6, 6.07) is 0. The lowest BCUT2D eigenvalue weighted by molar-refractivity contribution is -0.0502. The molecule has 0 spiro atoms. The van der Waals surface area contributed by atoms with Crippen LogP contribution in [-0.2, 0) is 0 Å². The fourth-order valence-corrected chi connectivity index (χ4v) is 3.26. The molecule has 0 saturated heterocycles. The molecule has 0 aromatic heterocycles. The second-order valence-corrected chi connectivity index (χ2v) is 7.41. The SMILES string of the molecule is CCCC(C)(CC)C(C)(C)CC(C)(C)C(O)CO. The monoisotopic (exact) mass is 258 g/mol. The Morgan fingerprint density at radius 3 is 1.83 bits per heavy atom. The number of hydrogen-bond donors (Lipinski definition) is 2. The third-order valence-electron chi connectivity index (χ3n) is 5.19. The zero-order valence-corrected chi connectivity index (χ0v) is 13.5. The van der Waals surface area contributed by atoms with Crippen molar-refractivity contribution in [1.29, 1.82) is 0 Å². The molecule has 2 heteroatoms. The Kier molecular flexibility index (Phi) is 6.35. The molecular formula is C16H34O2. The first-order valence-electron chi connectivity index (χ1n) is 7.35. The molecule has 2 unspecified atom stereocenters. The van der Waals surface area contributed by atoms with E-state index in [1.165, 1.54) is 12.8 Å². The highest BCUT2D eigenvalue weighted by atomic mass is 16.3. The fraction of sp³-hybridized carbons (Fsp3) is 1.00. The molecule has 0 amide bonds. The van der Waals surface area contributed by atoms with Crippen LogP contribution >= 0.6 is 0 Å². The van der Waals surface area contributed by atoms with Crippen LogP contribution in [0.2, 0.25) is 0 Å². The van der Waals surface area contributed by atoms with Gasteiger partial charge in [0, 0.05) is 0 Å². The van der Waals surface area contributed by atoms with Crippen LogP contribution in [0.25, 0.3) is 0 Å². The van der Waals surface area contributed by atoms with Gasteiger partial charge in [0.25, 0.3) is 0 Å². The van der Waals surface area contributed by atoms with Gasteiger partial charge in [-0.2, -0.15) is 0 Å². The van der Waals surface area contributed by atoms with E-state index in [0.29, 0.717) is 0 Å². The van der Waals surface area contributed by atoms with E-state index in [4.69, 9.17) is 0 Å². The van der Waals surface area contributed by atoms with Crippen molar-refractivity contribution in [2.24, 2.45) is 16.2 Å². The van der Waals surface area contributed by atoms with Gasteiger partial charge in [-0.15, -0.1) is 0 Å². The van der Waals surface area contributed by atoms with Crippen molar-refractivity contribution in [2.45, 2.75) is 80.3 Å². The average molecular weight is 258 g/mol. The van der Waals surface area contributed by atoms with Gasteiger partial charge in [0.2, 0.25) is 0 Å². The fourth-order valence-electron chi connectivity index (χ4n) is 3.26. The van der Waals surface area contributed by atoms with Crippen molar-refractivity contribution < 1.29 is 10.2 Å². The second-order valence-electron chi connectivity index (χ2n) is 7.41. The van der Waals surface area contributed by atoms with E-state index in [2.05, 4.69) is 48.5 Å². The minimum absolute atomic E-state index is 0.150. The molecule has 0 saturated carbocycles. The van der Waals surface area contributed by atoms with Crippen molar-refractivity contribution >= 4 is 0 Å². The van der Waals surface area contributed by atoms with E-state index in [1.807, 2.05) is 0 Å². The maximum Gasteiger partial charge on any atom is 0.0821 e. The first kappa shape index (κ1) is 17.9. The average Bonchev–Trinajstić information content (AvgIpc) is 2.26. The van der Waals surface area contributed by atoms with E-state index < -0.39 is 6.10 Å². The van der Waals surface area contributed by atoms with Crippen molar-refractivity contribution in [3.8, 4) is 0 Å². The number of rotatable bonds is 8. The van der Waals surface area contributed by atoms with Gasteiger partial charge in [0.1, 0.15) is 0 Å². The minimum atomic E-state index is -0.639. The molecule has 0 rings (SSSR count). The highest BCUT2D eigenvalue weighted by Crippen LogP contribution is 2.51. The summed E-state index contributed by atoms with van der Waals surface area (Å²) in [6.07, 6.45) is 3.84. The number of aliphatic hydroxyl groups is 2. The molecule has 0 aromatic carbocycles. The Bertz CT molecular complexity index is 245. The molecule has 0 heterocycles. The molecule has 2 nitrogen and oxygen atoms in total. The molecule has 0 aromatic rings. The summed E-state index contributed by atoms with van der Waals surface area (Å²) in [6.45, 7) is 15.4. The standard InChI is InChI=1S/C16H34O2/c1-8-10-16(7,9-2)15(5,6)12-14(3,4)13(18)11-17/h13,17-18H,8-12H2,1-7H3. The Hall–Kier alpha value is -0.0800. The van der Waals surface area contributed by atoms with Crippen molar-refractivity contribution in [1.82, 2.24) is 0 Å². The molecule has 0 aliphatic carbocycles. The van der Waals surface area contributed by atoms with Gasteiger partial charge < -0.3 is 10.2 Å². The summed E-state index contributed by atoms with van der Waals surface area (Å²) in [5.41, 5.74) is 0.189. The highest BCUT2D eigenvalue weighted by Gasteiger charge is 2.43. The predicted molar refractivity (Wildman–Crippen MR) is 78.6 cm³/mol. The van der Waals surface area contributed by atoms with Crippen LogP contribution in [0, 0.1) is 16.2 Å². The molecule has 110 valence electrons. The molecule has 0 fully saturated rings. The highest BCUT2D eigenvalue weighted by molar-refractivity contribution is 4.93. The quantitative estimate of drug-likeness (QED) is 0.691. The summed E-state index contributed by atoms with van der Waals surface area (Å²) >= 11 is 0. The molecule has 2 atom stereocenters. The molecule has 0 aliphatic rings. The van der Waals surface area contributed by atoms with E-state index >= 15 is 0 Å². The smallest absolute Gasteiger partial charge is 0.0821 e.